The van der Waals surface area contributed by atoms with Crippen LogP contribution in [0.15, 0.2) is 28.7 Å². The second-order valence-corrected chi connectivity index (χ2v) is 14.0. The molecule has 0 aromatic heterocycles. The molecule has 0 fully saturated rings. The zero-order valence-electron chi connectivity index (χ0n) is 27.8. The number of hydrogen-bond acceptors (Lipinski definition) is 8. The summed E-state index contributed by atoms with van der Waals surface area (Å²) in [5.41, 5.74) is 5.16. The van der Waals surface area contributed by atoms with E-state index in [1.54, 1.807) is 41.5 Å². The van der Waals surface area contributed by atoms with Crippen molar-refractivity contribution in [2.24, 2.45) is 5.73 Å². The maximum Gasteiger partial charge on any atom is 0.329 e. The van der Waals surface area contributed by atoms with Crippen molar-refractivity contribution in [3.05, 3.63) is 34.3 Å². The second-order valence-electron chi connectivity index (χ2n) is 13.1. The Hall–Kier alpha value is -2.99. The second kappa shape index (κ2) is 20.2. The Bertz CT molecular complexity index is 1080. The fraction of sp³-hybridized carbons (Fsp3) is 0.667. The first-order valence-electron chi connectivity index (χ1n) is 15.7. The van der Waals surface area contributed by atoms with Crippen molar-refractivity contribution in [3.8, 4) is 0 Å². The number of benzene rings is 1. The van der Waals surface area contributed by atoms with Gasteiger partial charge >= 0.3 is 18.0 Å². The number of aldehydes is 1. The first kappa shape index (κ1) is 40.0. The van der Waals surface area contributed by atoms with Crippen LogP contribution >= 0.6 is 15.9 Å². The quantitative estimate of drug-likeness (QED) is 0.102. The van der Waals surface area contributed by atoms with Crippen LogP contribution in [0.3, 0.4) is 0 Å². The molecule has 45 heavy (non-hydrogen) atoms. The van der Waals surface area contributed by atoms with E-state index in [9.17, 15) is 24.0 Å². The third kappa shape index (κ3) is 19.2. The molecule has 0 aliphatic carbocycles. The number of ether oxygens (including phenoxy) is 2. The van der Waals surface area contributed by atoms with E-state index in [1.165, 1.54) is 0 Å². The van der Waals surface area contributed by atoms with E-state index in [0.717, 1.165) is 29.3 Å². The Kier molecular flexibility index (Phi) is 18.0. The first-order valence-corrected chi connectivity index (χ1v) is 16.5. The third-order valence-corrected chi connectivity index (χ3v) is 6.99. The van der Waals surface area contributed by atoms with Gasteiger partial charge in [-0.25, -0.2) is 9.59 Å². The maximum absolute atomic E-state index is 13.1. The van der Waals surface area contributed by atoms with E-state index >= 15 is 0 Å². The summed E-state index contributed by atoms with van der Waals surface area (Å²) in [6.45, 7) is 12.0. The maximum atomic E-state index is 13.1. The highest BCUT2D eigenvalue weighted by Gasteiger charge is 2.28. The summed E-state index contributed by atoms with van der Waals surface area (Å²) < 4.78 is 11.8. The monoisotopic (exact) mass is 696 g/mol. The summed E-state index contributed by atoms with van der Waals surface area (Å²) in [5, 5.41) is 5.15. The fourth-order valence-corrected chi connectivity index (χ4v) is 4.60. The van der Waals surface area contributed by atoms with Crippen molar-refractivity contribution < 1.29 is 33.4 Å². The summed E-state index contributed by atoms with van der Waals surface area (Å²) in [6, 6.07) is 5.17. The molecule has 3 amide bonds. The highest BCUT2D eigenvalue weighted by Crippen LogP contribution is 2.16. The lowest BCUT2D eigenvalue weighted by molar-refractivity contribution is -0.157. The van der Waals surface area contributed by atoms with Crippen LogP contribution in [0.5, 0.6) is 0 Å². The van der Waals surface area contributed by atoms with Crippen LogP contribution in [0.1, 0.15) is 105 Å². The topological polar surface area (TPSA) is 157 Å². The molecule has 12 heteroatoms. The Morgan fingerprint density at radius 2 is 1.51 bits per heavy atom. The van der Waals surface area contributed by atoms with Crippen LogP contribution in [0.2, 0.25) is 0 Å². The molecular weight excluding hydrogens is 644 g/mol. The van der Waals surface area contributed by atoms with E-state index < -0.39 is 41.3 Å². The Morgan fingerprint density at radius 1 is 0.867 bits per heavy atom. The minimum Gasteiger partial charge on any atom is -0.460 e. The molecule has 0 bridgehead atoms. The van der Waals surface area contributed by atoms with Gasteiger partial charge in [0.05, 0.1) is 6.04 Å². The van der Waals surface area contributed by atoms with Gasteiger partial charge < -0.3 is 35.5 Å². The number of urea groups is 1. The van der Waals surface area contributed by atoms with E-state index in [1.807, 2.05) is 29.2 Å². The molecule has 1 rings (SSSR count). The smallest absolute Gasteiger partial charge is 0.329 e. The molecule has 0 aliphatic heterocycles. The van der Waals surface area contributed by atoms with Crippen molar-refractivity contribution in [1.29, 1.82) is 0 Å². The molecule has 0 saturated heterocycles. The summed E-state index contributed by atoms with van der Waals surface area (Å²) in [6.07, 6.45) is 4.91. The van der Waals surface area contributed by atoms with Gasteiger partial charge in [-0.15, -0.1) is 0 Å². The van der Waals surface area contributed by atoms with Gasteiger partial charge in [-0.3, -0.25) is 9.59 Å². The fourth-order valence-electron chi connectivity index (χ4n) is 4.34. The Labute approximate surface area is 276 Å². The number of nitrogens with two attached hydrogens (primary N) is 1. The number of amides is 3. The molecular formula is C33H53BrN4O7. The number of nitrogens with zero attached hydrogens (tertiary/aromatic N) is 1. The molecule has 0 spiro atoms. The minimum absolute atomic E-state index is 0.0530. The van der Waals surface area contributed by atoms with Gasteiger partial charge in [0.25, 0.3) is 0 Å². The number of rotatable bonds is 19. The van der Waals surface area contributed by atoms with Crippen LogP contribution in [0, 0.1) is 0 Å². The predicted molar refractivity (Wildman–Crippen MR) is 177 cm³/mol. The van der Waals surface area contributed by atoms with E-state index in [0.29, 0.717) is 45.2 Å². The van der Waals surface area contributed by atoms with Crippen molar-refractivity contribution in [1.82, 2.24) is 15.5 Å². The van der Waals surface area contributed by atoms with E-state index in [4.69, 9.17) is 15.2 Å². The molecule has 2 atom stereocenters. The van der Waals surface area contributed by atoms with Crippen molar-refractivity contribution >= 4 is 46.1 Å². The van der Waals surface area contributed by atoms with Crippen molar-refractivity contribution in [2.75, 3.05) is 13.1 Å². The Balaban J connectivity index is 2.83. The molecule has 0 radical (unpaired) electrons. The third-order valence-electron chi connectivity index (χ3n) is 6.46. The number of esters is 2. The van der Waals surface area contributed by atoms with Gasteiger partial charge in [0, 0.05) is 30.4 Å². The highest BCUT2D eigenvalue weighted by molar-refractivity contribution is 9.10. The summed E-state index contributed by atoms with van der Waals surface area (Å²) >= 11 is 3.44. The van der Waals surface area contributed by atoms with Crippen LogP contribution in [-0.2, 0) is 35.2 Å². The number of hydrogen-bond donors (Lipinski definition) is 3. The molecule has 1 aromatic carbocycles. The van der Waals surface area contributed by atoms with E-state index in [-0.39, 0.29) is 25.2 Å². The molecule has 0 heterocycles. The summed E-state index contributed by atoms with van der Waals surface area (Å²) in [7, 11) is 0. The van der Waals surface area contributed by atoms with Crippen molar-refractivity contribution in [3.63, 3.8) is 0 Å². The molecule has 11 nitrogen and oxygen atoms in total. The Morgan fingerprint density at radius 3 is 2.09 bits per heavy atom. The summed E-state index contributed by atoms with van der Waals surface area (Å²) in [5.74, 6) is -1.02. The summed E-state index contributed by atoms with van der Waals surface area (Å²) in [4.78, 5) is 64.4. The lowest BCUT2D eigenvalue weighted by Gasteiger charge is -2.26. The van der Waals surface area contributed by atoms with Crippen LogP contribution in [0.4, 0.5) is 4.79 Å². The molecule has 1 aromatic rings. The number of nitrogens with one attached hydrogen (secondary N) is 2. The van der Waals surface area contributed by atoms with Gasteiger partial charge in [0.2, 0.25) is 5.91 Å². The van der Waals surface area contributed by atoms with Gasteiger partial charge in [-0.1, -0.05) is 34.5 Å². The van der Waals surface area contributed by atoms with Gasteiger partial charge in [0.15, 0.2) is 0 Å². The van der Waals surface area contributed by atoms with Crippen LogP contribution in [-0.4, -0.2) is 71.4 Å². The molecule has 0 saturated carbocycles. The van der Waals surface area contributed by atoms with Crippen LogP contribution in [0.25, 0.3) is 0 Å². The number of unbranched alkanes of at least 4 members (excludes halogenated alkanes) is 3. The minimum atomic E-state index is -0.978. The lowest BCUT2D eigenvalue weighted by atomic mass is 10.1. The zero-order valence-corrected chi connectivity index (χ0v) is 29.4. The number of carbonyl (C=O) groups excluding carboxylic acids is 5. The molecule has 254 valence electrons. The molecule has 4 N–H and O–H groups in total. The zero-order chi connectivity index (χ0) is 34.0. The van der Waals surface area contributed by atoms with Crippen LogP contribution < -0.4 is 16.4 Å². The first-order chi connectivity index (χ1) is 21.0. The van der Waals surface area contributed by atoms with E-state index in [2.05, 4.69) is 26.6 Å². The van der Waals surface area contributed by atoms with Gasteiger partial charge in [0.1, 0.15) is 23.5 Å². The number of carbonyl (C=O) groups is 5. The van der Waals surface area contributed by atoms with Crippen molar-refractivity contribution in [2.45, 2.75) is 129 Å². The average Bonchev–Trinajstić information content (AvgIpc) is 2.93. The average molecular weight is 698 g/mol. The molecule has 0 aliphatic rings. The predicted octanol–water partition coefficient (Wildman–Crippen LogP) is 5.17. The SMILES string of the molecule is CC(C)(C)OC(=O)CCC(C=O)NC(=O)NC(CCCCN(Cc1ccc(Br)cc1)C(=O)CCCCCN)C(=O)OC(C)(C)C. The largest absolute Gasteiger partial charge is 0.460 e. The van der Waals surface area contributed by atoms with Gasteiger partial charge in [-0.2, -0.15) is 0 Å². The standard InChI is InChI=1S/C33H53BrN4O7/c1-32(2,3)44-29(41)19-18-26(23-39)36-31(43)37-27(30(42)45-33(4,5)6)12-9-11-21-38(28(40)13-8-7-10-20-35)22-24-14-16-25(34)17-15-24/h14-17,23,26-27H,7-13,18-22,35H2,1-6H3,(H2,36,37,43). The lowest BCUT2D eigenvalue weighted by Crippen LogP contribution is -2.51. The highest BCUT2D eigenvalue weighted by atomic mass is 79.9. The molecule has 2 unspecified atom stereocenters. The number of halogens is 1. The normalized spacial score (nSPS) is 12.9. The van der Waals surface area contributed by atoms with Gasteiger partial charge in [-0.05, 0) is 104 Å².